The van der Waals surface area contributed by atoms with Crippen molar-refractivity contribution in [1.82, 2.24) is 24.7 Å². The van der Waals surface area contributed by atoms with Gasteiger partial charge in [-0.05, 0) is 73.9 Å². The third-order valence-corrected chi connectivity index (χ3v) is 8.68. The zero-order chi connectivity index (χ0) is 24.3. The summed E-state index contributed by atoms with van der Waals surface area (Å²) in [4.78, 5) is 21.4. The summed E-state index contributed by atoms with van der Waals surface area (Å²) in [5.74, 6) is 0.704. The van der Waals surface area contributed by atoms with Crippen LogP contribution in [0, 0.1) is 0 Å². The molecule has 9 nitrogen and oxygen atoms in total. The molecule has 1 N–H and O–H groups in total. The lowest BCUT2D eigenvalue weighted by atomic mass is 9.99. The van der Waals surface area contributed by atoms with Gasteiger partial charge in [-0.2, -0.15) is 9.29 Å². The molecule has 1 atom stereocenters. The summed E-state index contributed by atoms with van der Waals surface area (Å²) in [5, 5.41) is 7.00. The van der Waals surface area contributed by atoms with Gasteiger partial charge in [-0.3, -0.25) is 9.78 Å². The summed E-state index contributed by atoms with van der Waals surface area (Å²) in [6.07, 6.45) is 8.37. The van der Waals surface area contributed by atoms with Gasteiger partial charge in [0, 0.05) is 49.9 Å². The van der Waals surface area contributed by atoms with Crippen molar-refractivity contribution in [2.24, 2.45) is 0 Å². The van der Waals surface area contributed by atoms with Crippen LogP contribution in [0.1, 0.15) is 55.0 Å². The minimum absolute atomic E-state index is 0.0872. The first-order chi connectivity index (χ1) is 17.0. The minimum atomic E-state index is -3.71. The summed E-state index contributed by atoms with van der Waals surface area (Å²) in [6.45, 7) is 0.945. The number of aromatic nitrogens is 3. The maximum atomic E-state index is 13.5. The third kappa shape index (κ3) is 5.28. The Labute approximate surface area is 205 Å². The van der Waals surface area contributed by atoms with Gasteiger partial charge in [-0.25, -0.2) is 8.42 Å². The summed E-state index contributed by atoms with van der Waals surface area (Å²) >= 11 is 0. The van der Waals surface area contributed by atoms with E-state index in [-0.39, 0.29) is 24.8 Å². The standard InChI is InChI=1S/C25H29N5O4S/c31-23-11-15-30(35(32,33)22-9-8-18-4-1-5-20(18)16-22)14-3-7-19(10-13-27-23)25-28-24(29-34-25)21-6-2-12-26-17-21/h2,6,8-9,12,16-17,19H,1,3-5,7,10-11,13-15H2,(H,27,31). The predicted molar refractivity (Wildman–Crippen MR) is 129 cm³/mol. The van der Waals surface area contributed by atoms with Crippen LogP contribution in [0.5, 0.6) is 0 Å². The summed E-state index contributed by atoms with van der Waals surface area (Å²) in [6, 6.07) is 9.11. The molecule has 3 aromatic rings. The second-order valence-corrected chi connectivity index (χ2v) is 11.1. The number of sulfonamides is 1. The molecule has 184 valence electrons. The Morgan fingerprint density at radius 2 is 1.91 bits per heavy atom. The van der Waals surface area contributed by atoms with Crippen molar-refractivity contribution in [3.05, 3.63) is 59.7 Å². The fourth-order valence-electron chi connectivity index (χ4n) is 4.83. The molecule has 2 aliphatic rings. The molecule has 0 spiro atoms. The zero-order valence-corrected chi connectivity index (χ0v) is 20.3. The molecule has 1 aliphatic heterocycles. The van der Waals surface area contributed by atoms with Crippen LogP contribution in [0.25, 0.3) is 11.4 Å². The number of amides is 1. The van der Waals surface area contributed by atoms with E-state index in [0.717, 1.165) is 30.4 Å². The fraction of sp³-hybridized carbons (Fsp3) is 0.440. The number of rotatable bonds is 4. The number of benzene rings is 1. The van der Waals surface area contributed by atoms with E-state index < -0.39 is 10.0 Å². The molecule has 1 aliphatic carbocycles. The summed E-state index contributed by atoms with van der Waals surface area (Å²) in [7, 11) is -3.71. The second-order valence-electron chi connectivity index (χ2n) is 9.11. The maximum absolute atomic E-state index is 13.5. The van der Waals surface area contributed by atoms with Gasteiger partial charge in [-0.1, -0.05) is 11.2 Å². The van der Waals surface area contributed by atoms with E-state index in [2.05, 4.69) is 20.4 Å². The van der Waals surface area contributed by atoms with Gasteiger partial charge in [0.25, 0.3) is 0 Å². The minimum Gasteiger partial charge on any atom is -0.356 e. The Morgan fingerprint density at radius 1 is 1.03 bits per heavy atom. The molecular weight excluding hydrogens is 466 g/mol. The lowest BCUT2D eigenvalue weighted by Crippen LogP contribution is -2.35. The zero-order valence-electron chi connectivity index (χ0n) is 19.5. The largest absolute Gasteiger partial charge is 0.356 e. The van der Waals surface area contributed by atoms with Crippen LogP contribution >= 0.6 is 0 Å². The molecule has 0 bridgehead atoms. The van der Waals surface area contributed by atoms with Gasteiger partial charge < -0.3 is 9.84 Å². The number of carbonyl (C=O) groups excluding carboxylic acids is 1. The van der Waals surface area contributed by atoms with Gasteiger partial charge in [-0.15, -0.1) is 0 Å². The Hall–Kier alpha value is -3.11. The quantitative estimate of drug-likeness (QED) is 0.591. The molecule has 3 heterocycles. The molecule has 1 saturated heterocycles. The highest BCUT2D eigenvalue weighted by Gasteiger charge is 2.28. The highest BCUT2D eigenvalue weighted by Crippen LogP contribution is 2.29. The number of hydrogen-bond acceptors (Lipinski definition) is 7. The molecule has 1 aromatic carbocycles. The normalized spacial score (nSPS) is 20.1. The number of carbonyl (C=O) groups is 1. The van der Waals surface area contributed by atoms with Gasteiger partial charge in [0.15, 0.2) is 0 Å². The predicted octanol–water partition coefficient (Wildman–Crippen LogP) is 3.09. The van der Waals surface area contributed by atoms with Crippen LogP contribution in [0.4, 0.5) is 0 Å². The topological polar surface area (TPSA) is 118 Å². The fourth-order valence-corrected chi connectivity index (χ4v) is 6.36. The van der Waals surface area contributed by atoms with E-state index >= 15 is 0 Å². The van der Waals surface area contributed by atoms with Crippen LogP contribution in [-0.4, -0.2) is 53.4 Å². The number of nitrogens with one attached hydrogen (secondary N) is 1. The number of aryl methyl sites for hydroxylation is 2. The maximum Gasteiger partial charge on any atom is 0.243 e. The van der Waals surface area contributed by atoms with Crippen LogP contribution in [0.15, 0.2) is 52.1 Å². The monoisotopic (exact) mass is 495 g/mol. The van der Waals surface area contributed by atoms with Crippen molar-refractivity contribution in [2.75, 3.05) is 19.6 Å². The van der Waals surface area contributed by atoms with Gasteiger partial charge in [0.05, 0.1) is 4.90 Å². The molecule has 0 radical (unpaired) electrons. The Bertz CT molecular complexity index is 1290. The average molecular weight is 496 g/mol. The molecule has 10 heteroatoms. The number of hydrogen-bond donors (Lipinski definition) is 1. The van der Waals surface area contributed by atoms with Crippen LogP contribution in [-0.2, 0) is 27.7 Å². The van der Waals surface area contributed by atoms with Crippen molar-refractivity contribution in [2.45, 2.75) is 55.8 Å². The Morgan fingerprint density at radius 3 is 2.77 bits per heavy atom. The average Bonchev–Trinajstić information content (AvgIpc) is 3.54. The molecule has 35 heavy (non-hydrogen) atoms. The first-order valence-corrected chi connectivity index (χ1v) is 13.6. The highest BCUT2D eigenvalue weighted by molar-refractivity contribution is 7.89. The van der Waals surface area contributed by atoms with Gasteiger partial charge in [0.2, 0.25) is 27.6 Å². The van der Waals surface area contributed by atoms with Crippen molar-refractivity contribution in [1.29, 1.82) is 0 Å². The lowest BCUT2D eigenvalue weighted by Gasteiger charge is -2.22. The molecule has 1 fully saturated rings. The number of pyridine rings is 1. The third-order valence-electron chi connectivity index (χ3n) is 6.78. The Balaban J connectivity index is 1.34. The van der Waals surface area contributed by atoms with E-state index in [9.17, 15) is 13.2 Å². The first kappa shape index (κ1) is 23.6. The van der Waals surface area contributed by atoms with Crippen LogP contribution < -0.4 is 5.32 Å². The van der Waals surface area contributed by atoms with Crippen LogP contribution in [0.2, 0.25) is 0 Å². The van der Waals surface area contributed by atoms with Gasteiger partial charge in [0.1, 0.15) is 0 Å². The van der Waals surface area contributed by atoms with Crippen molar-refractivity contribution >= 4 is 15.9 Å². The van der Waals surface area contributed by atoms with Crippen molar-refractivity contribution < 1.29 is 17.7 Å². The van der Waals surface area contributed by atoms with E-state index in [1.807, 2.05) is 24.3 Å². The van der Waals surface area contributed by atoms with E-state index in [0.29, 0.717) is 49.0 Å². The number of nitrogens with zero attached hydrogens (tertiary/aromatic N) is 4. The second kappa shape index (κ2) is 10.2. The smallest absolute Gasteiger partial charge is 0.243 e. The molecule has 1 unspecified atom stereocenters. The van der Waals surface area contributed by atoms with E-state index in [1.54, 1.807) is 18.5 Å². The molecule has 5 rings (SSSR count). The molecule has 0 saturated carbocycles. The molecule has 1 amide bonds. The number of fused-ring (bicyclic) bond motifs is 1. The summed E-state index contributed by atoms with van der Waals surface area (Å²) < 4.78 is 34.0. The van der Waals surface area contributed by atoms with Crippen molar-refractivity contribution in [3.8, 4) is 11.4 Å². The van der Waals surface area contributed by atoms with Crippen molar-refractivity contribution in [3.63, 3.8) is 0 Å². The van der Waals surface area contributed by atoms with Gasteiger partial charge >= 0.3 is 0 Å². The lowest BCUT2D eigenvalue weighted by molar-refractivity contribution is -0.121. The Kier molecular flexibility index (Phi) is 6.92. The molecular formula is C25H29N5O4S. The van der Waals surface area contributed by atoms with Crippen LogP contribution in [0.3, 0.4) is 0 Å². The summed E-state index contributed by atoms with van der Waals surface area (Å²) in [5.41, 5.74) is 3.11. The molecule has 2 aromatic heterocycles. The highest BCUT2D eigenvalue weighted by atomic mass is 32.2. The first-order valence-electron chi connectivity index (χ1n) is 12.1. The van der Waals surface area contributed by atoms with E-state index in [1.165, 1.54) is 9.87 Å². The SMILES string of the molecule is O=C1CCN(S(=O)(=O)c2ccc3c(c2)CCC3)CCCC(c2nc(-c3cccnc3)no2)CCN1. The van der Waals surface area contributed by atoms with E-state index in [4.69, 9.17) is 4.52 Å².